The number of amides is 2. The number of nitrogens with zero attached hydrogens (tertiary/aromatic N) is 3. The van der Waals surface area contributed by atoms with Crippen molar-refractivity contribution in [2.45, 2.75) is 38.4 Å². The predicted molar refractivity (Wildman–Crippen MR) is 166 cm³/mol. The van der Waals surface area contributed by atoms with Crippen molar-refractivity contribution in [1.82, 2.24) is 15.2 Å². The number of hydrogen-bond donors (Lipinski definition) is 2. The van der Waals surface area contributed by atoms with Gasteiger partial charge in [-0.3, -0.25) is 24.4 Å². The number of hydrogen-bond acceptors (Lipinski definition) is 6. The topological polar surface area (TPSA) is 98.9 Å². The summed E-state index contributed by atoms with van der Waals surface area (Å²) < 4.78 is 6.13. The van der Waals surface area contributed by atoms with E-state index >= 15 is 0 Å². The molecule has 8 heteroatoms. The van der Waals surface area contributed by atoms with E-state index in [0.717, 1.165) is 42.4 Å². The van der Waals surface area contributed by atoms with Crippen LogP contribution in [0.15, 0.2) is 108 Å². The summed E-state index contributed by atoms with van der Waals surface area (Å²) >= 11 is 0. The Balaban J connectivity index is 1.39. The Kier molecular flexibility index (Phi) is 8.47. The zero-order valence-corrected chi connectivity index (χ0v) is 23.9. The number of anilines is 1. The van der Waals surface area contributed by atoms with E-state index in [1.165, 1.54) is 23.5 Å². The molecule has 0 radical (unpaired) electrons. The van der Waals surface area contributed by atoms with E-state index in [1.807, 2.05) is 66.7 Å². The third kappa shape index (κ3) is 6.60. The van der Waals surface area contributed by atoms with Crippen LogP contribution >= 0.6 is 0 Å². The van der Waals surface area contributed by atoms with E-state index in [0.29, 0.717) is 23.6 Å². The number of para-hydroxylation sites is 1. The van der Waals surface area contributed by atoms with E-state index in [9.17, 15) is 14.7 Å². The lowest BCUT2D eigenvalue weighted by molar-refractivity contribution is -0.122. The smallest absolute Gasteiger partial charge is 0.295 e. The Morgan fingerprint density at radius 3 is 2.44 bits per heavy atom. The molecule has 0 spiro atoms. The quantitative estimate of drug-likeness (QED) is 0.217. The third-order valence-corrected chi connectivity index (χ3v) is 7.80. The molecule has 1 atom stereocenters. The number of phenolic OH excluding ortho intramolecular Hbond substituents is 1. The molecule has 1 fully saturated rings. The molecule has 3 aromatic carbocycles. The van der Waals surface area contributed by atoms with Crippen LogP contribution in [0.5, 0.6) is 5.75 Å². The fourth-order valence-electron chi connectivity index (χ4n) is 5.57. The molecule has 0 saturated carbocycles. The number of likely N-dealkylation sites (tertiary alicyclic amines) is 1. The maximum Gasteiger partial charge on any atom is 0.295 e. The summed E-state index contributed by atoms with van der Waals surface area (Å²) in [5, 5.41) is 13.9. The molecular weight excluding hydrogens is 540 g/mol. The molecule has 1 saturated heterocycles. The molecule has 2 amide bonds. The van der Waals surface area contributed by atoms with Gasteiger partial charge in [0.05, 0.1) is 23.9 Å². The van der Waals surface area contributed by atoms with Gasteiger partial charge in [-0.15, -0.1) is 0 Å². The highest BCUT2D eigenvalue weighted by Crippen LogP contribution is 2.32. The van der Waals surface area contributed by atoms with Crippen molar-refractivity contribution >= 4 is 28.4 Å². The minimum Gasteiger partial charge on any atom is -0.508 e. The second-order valence-electron chi connectivity index (χ2n) is 10.9. The Hall–Kier alpha value is -4.95. The van der Waals surface area contributed by atoms with Gasteiger partial charge in [-0.25, -0.2) is 0 Å². The molecule has 0 aliphatic carbocycles. The molecule has 2 N–H and O–H groups in total. The monoisotopic (exact) mass is 574 g/mol. The van der Waals surface area contributed by atoms with Crippen LogP contribution in [0, 0.1) is 0 Å². The molecule has 5 aromatic rings. The molecule has 1 aliphatic heterocycles. The SMILES string of the molecule is O=C(NCc1ccccc1)C(c1ccc(O)cc1)N(C(=O)c1ccc(CN2CCCCC2)o1)c1cnc2ccccc2c1. The first kappa shape index (κ1) is 28.2. The van der Waals surface area contributed by atoms with Gasteiger partial charge in [0.15, 0.2) is 5.76 Å². The first-order valence-corrected chi connectivity index (χ1v) is 14.7. The zero-order chi connectivity index (χ0) is 29.6. The first-order valence-electron chi connectivity index (χ1n) is 14.7. The molecule has 3 heterocycles. The van der Waals surface area contributed by atoms with Crippen molar-refractivity contribution in [3.8, 4) is 5.75 Å². The van der Waals surface area contributed by atoms with Crippen LogP contribution in [-0.4, -0.2) is 39.9 Å². The number of piperidine rings is 1. The van der Waals surface area contributed by atoms with Crippen molar-refractivity contribution in [3.05, 3.63) is 126 Å². The van der Waals surface area contributed by atoms with Crippen LogP contribution in [0.3, 0.4) is 0 Å². The molecule has 1 unspecified atom stereocenters. The number of fused-ring (bicyclic) bond motifs is 1. The number of furan rings is 1. The van der Waals surface area contributed by atoms with Crippen LogP contribution in [-0.2, 0) is 17.9 Å². The second kappa shape index (κ2) is 12.9. The summed E-state index contributed by atoms with van der Waals surface area (Å²) in [5.41, 5.74) is 2.68. The number of pyridine rings is 1. The fourth-order valence-corrected chi connectivity index (χ4v) is 5.57. The number of aromatic hydroxyl groups is 1. The molecule has 8 nitrogen and oxygen atoms in total. The largest absolute Gasteiger partial charge is 0.508 e. The summed E-state index contributed by atoms with van der Waals surface area (Å²) in [5.74, 6) is 0.0632. The predicted octanol–water partition coefficient (Wildman–Crippen LogP) is 6.22. The fraction of sp³-hybridized carbons (Fsp3) is 0.229. The number of rotatable bonds is 9. The van der Waals surface area contributed by atoms with Gasteiger partial charge in [0.2, 0.25) is 5.91 Å². The summed E-state index contributed by atoms with van der Waals surface area (Å²) in [6.07, 6.45) is 5.15. The summed E-state index contributed by atoms with van der Waals surface area (Å²) in [6, 6.07) is 27.9. The maximum atomic E-state index is 14.4. The molecule has 2 aromatic heterocycles. The van der Waals surface area contributed by atoms with Gasteiger partial charge in [-0.1, -0.05) is 67.1 Å². The van der Waals surface area contributed by atoms with E-state index in [-0.39, 0.29) is 24.0 Å². The lowest BCUT2D eigenvalue weighted by Gasteiger charge is -2.31. The Labute approximate surface area is 250 Å². The molecule has 0 bridgehead atoms. The van der Waals surface area contributed by atoms with Crippen LogP contribution in [0.25, 0.3) is 10.9 Å². The number of carbonyl (C=O) groups excluding carboxylic acids is 2. The number of benzene rings is 3. The highest BCUT2D eigenvalue weighted by atomic mass is 16.4. The van der Waals surface area contributed by atoms with E-state index in [1.54, 1.807) is 24.4 Å². The normalized spacial score (nSPS) is 14.3. The molecule has 218 valence electrons. The summed E-state index contributed by atoms with van der Waals surface area (Å²) in [6.45, 7) is 2.92. The summed E-state index contributed by atoms with van der Waals surface area (Å²) in [7, 11) is 0. The van der Waals surface area contributed by atoms with Gasteiger partial charge in [-0.2, -0.15) is 0 Å². The third-order valence-electron chi connectivity index (χ3n) is 7.80. The van der Waals surface area contributed by atoms with Gasteiger partial charge >= 0.3 is 0 Å². The van der Waals surface area contributed by atoms with Crippen molar-refractivity contribution in [2.75, 3.05) is 18.0 Å². The molecular formula is C35H34N4O4. The highest BCUT2D eigenvalue weighted by molar-refractivity contribution is 6.09. The zero-order valence-electron chi connectivity index (χ0n) is 23.9. The lowest BCUT2D eigenvalue weighted by atomic mass is 10.0. The number of nitrogens with one attached hydrogen (secondary N) is 1. The van der Waals surface area contributed by atoms with Gasteiger partial charge < -0.3 is 14.8 Å². The van der Waals surface area contributed by atoms with Gasteiger partial charge in [0.25, 0.3) is 5.91 Å². The van der Waals surface area contributed by atoms with Gasteiger partial charge in [0, 0.05) is 11.9 Å². The molecule has 1 aliphatic rings. The highest BCUT2D eigenvalue weighted by Gasteiger charge is 2.35. The summed E-state index contributed by atoms with van der Waals surface area (Å²) in [4.78, 5) is 36.8. The molecule has 6 rings (SSSR count). The van der Waals surface area contributed by atoms with Crippen molar-refractivity contribution < 1.29 is 19.1 Å². The average molecular weight is 575 g/mol. The number of phenols is 1. The second-order valence-corrected chi connectivity index (χ2v) is 10.9. The number of carbonyl (C=O) groups is 2. The minimum atomic E-state index is -1.07. The Bertz CT molecular complexity index is 1690. The Morgan fingerprint density at radius 2 is 1.65 bits per heavy atom. The van der Waals surface area contributed by atoms with Crippen molar-refractivity contribution in [2.24, 2.45) is 0 Å². The van der Waals surface area contributed by atoms with Gasteiger partial charge in [0.1, 0.15) is 17.6 Å². The average Bonchev–Trinajstić information content (AvgIpc) is 3.52. The van der Waals surface area contributed by atoms with E-state index < -0.39 is 11.9 Å². The first-order chi connectivity index (χ1) is 21.0. The minimum absolute atomic E-state index is 0.0610. The van der Waals surface area contributed by atoms with Crippen LogP contribution in [0.2, 0.25) is 0 Å². The maximum absolute atomic E-state index is 14.4. The lowest BCUT2D eigenvalue weighted by Crippen LogP contribution is -2.44. The van der Waals surface area contributed by atoms with Crippen LogP contribution < -0.4 is 10.2 Å². The van der Waals surface area contributed by atoms with Crippen molar-refractivity contribution in [3.63, 3.8) is 0 Å². The van der Waals surface area contributed by atoms with Crippen molar-refractivity contribution in [1.29, 1.82) is 0 Å². The Morgan fingerprint density at radius 1 is 0.907 bits per heavy atom. The van der Waals surface area contributed by atoms with Crippen LogP contribution in [0.1, 0.15) is 52.7 Å². The van der Waals surface area contributed by atoms with Crippen LogP contribution in [0.4, 0.5) is 5.69 Å². The van der Waals surface area contributed by atoms with E-state index in [4.69, 9.17) is 4.42 Å². The van der Waals surface area contributed by atoms with Gasteiger partial charge in [-0.05, 0) is 73.5 Å². The van der Waals surface area contributed by atoms with E-state index in [2.05, 4.69) is 15.2 Å². The standard InChI is InChI=1S/C35H34N4O4/c40-29-15-13-26(14-16-29)33(34(41)37-22-25-9-3-1-4-10-25)39(28-21-27-11-5-6-12-31(27)36-23-28)35(42)32-18-17-30(43-32)24-38-19-7-2-8-20-38/h1,3-6,9-18,21,23,33,40H,2,7-8,19-20,22,24H2,(H,37,41). The molecule has 43 heavy (non-hydrogen) atoms. The number of aromatic nitrogens is 1.